The lowest BCUT2D eigenvalue weighted by atomic mass is 10.1. The van der Waals surface area contributed by atoms with E-state index in [0.717, 1.165) is 43.1 Å². The summed E-state index contributed by atoms with van der Waals surface area (Å²) >= 11 is 0. The lowest BCUT2D eigenvalue weighted by Crippen LogP contribution is -2.51. The molecule has 19 heavy (non-hydrogen) atoms. The molecule has 1 unspecified atom stereocenters. The first-order valence-corrected chi connectivity index (χ1v) is 6.94. The minimum absolute atomic E-state index is 0.00228. The minimum atomic E-state index is -0.00228. The van der Waals surface area contributed by atoms with Crippen molar-refractivity contribution in [2.75, 3.05) is 33.7 Å². The molecule has 1 aliphatic heterocycles. The molecule has 1 aliphatic rings. The fourth-order valence-electron chi connectivity index (χ4n) is 2.60. The van der Waals surface area contributed by atoms with E-state index in [0.29, 0.717) is 6.04 Å². The average Bonchev–Trinajstić information content (AvgIpc) is 2.33. The minimum Gasteiger partial charge on any atom is -0.324 e. The Labute approximate surface area is 115 Å². The molecule has 5 heteroatoms. The van der Waals surface area contributed by atoms with E-state index in [2.05, 4.69) is 33.9 Å². The van der Waals surface area contributed by atoms with E-state index in [1.165, 1.54) is 0 Å². The Balaban J connectivity index is 2.08. The lowest BCUT2D eigenvalue weighted by molar-refractivity contribution is 0.113. The number of aryl methyl sites for hydroxylation is 1. The van der Waals surface area contributed by atoms with E-state index in [9.17, 15) is 0 Å². The van der Waals surface area contributed by atoms with Crippen molar-refractivity contribution in [3.05, 3.63) is 23.3 Å². The molecule has 0 amide bonds. The Morgan fingerprint density at radius 3 is 2.79 bits per heavy atom. The largest absolute Gasteiger partial charge is 0.324 e. The molecule has 0 bridgehead atoms. The van der Waals surface area contributed by atoms with E-state index in [-0.39, 0.29) is 6.04 Å². The highest BCUT2D eigenvalue weighted by molar-refractivity contribution is 5.19. The van der Waals surface area contributed by atoms with Crippen LogP contribution in [0, 0.1) is 6.92 Å². The predicted molar refractivity (Wildman–Crippen MR) is 77.0 cm³/mol. The smallest absolute Gasteiger partial charge is 0.130 e. The van der Waals surface area contributed by atoms with E-state index in [1.54, 1.807) is 0 Å². The molecule has 0 aliphatic carbocycles. The second-order valence-corrected chi connectivity index (χ2v) is 5.72. The lowest BCUT2D eigenvalue weighted by Gasteiger charge is -2.37. The van der Waals surface area contributed by atoms with Gasteiger partial charge >= 0.3 is 0 Å². The van der Waals surface area contributed by atoms with Crippen molar-refractivity contribution in [1.82, 2.24) is 19.8 Å². The van der Waals surface area contributed by atoms with Crippen molar-refractivity contribution in [3.8, 4) is 0 Å². The molecule has 2 atom stereocenters. The third-order valence-corrected chi connectivity index (χ3v) is 3.96. The van der Waals surface area contributed by atoms with Crippen molar-refractivity contribution in [2.24, 2.45) is 5.73 Å². The predicted octanol–water partition coefficient (Wildman–Crippen LogP) is 0.593. The van der Waals surface area contributed by atoms with E-state index in [1.807, 2.05) is 20.0 Å². The van der Waals surface area contributed by atoms with Gasteiger partial charge in [0, 0.05) is 55.6 Å². The molecule has 2 heterocycles. The van der Waals surface area contributed by atoms with Crippen LogP contribution in [-0.2, 0) is 6.42 Å². The van der Waals surface area contributed by atoms with Crippen LogP contribution >= 0.6 is 0 Å². The summed E-state index contributed by atoms with van der Waals surface area (Å²) in [6.07, 6.45) is 2.79. The molecule has 1 aromatic heterocycles. The van der Waals surface area contributed by atoms with Gasteiger partial charge in [-0.1, -0.05) is 0 Å². The van der Waals surface area contributed by atoms with Gasteiger partial charge in [0.15, 0.2) is 0 Å². The van der Waals surface area contributed by atoms with Crippen molar-refractivity contribution < 1.29 is 0 Å². The number of rotatable bonds is 3. The summed E-state index contributed by atoms with van der Waals surface area (Å²) in [5.41, 5.74) is 7.94. The van der Waals surface area contributed by atoms with Gasteiger partial charge in [-0.15, -0.1) is 0 Å². The topological polar surface area (TPSA) is 58.3 Å². The average molecular weight is 263 g/mol. The van der Waals surface area contributed by atoms with Crippen molar-refractivity contribution in [1.29, 1.82) is 0 Å². The van der Waals surface area contributed by atoms with Gasteiger partial charge in [0.1, 0.15) is 5.82 Å². The molecule has 0 saturated carbocycles. The summed E-state index contributed by atoms with van der Waals surface area (Å²) < 4.78 is 0. The molecular weight excluding hydrogens is 238 g/mol. The van der Waals surface area contributed by atoms with Crippen LogP contribution in [0.5, 0.6) is 0 Å². The van der Waals surface area contributed by atoms with Gasteiger partial charge in [0.05, 0.1) is 0 Å². The summed E-state index contributed by atoms with van der Waals surface area (Å²) in [5, 5.41) is 0. The Morgan fingerprint density at radius 1 is 1.42 bits per heavy atom. The highest BCUT2D eigenvalue weighted by Crippen LogP contribution is 2.14. The third kappa shape index (κ3) is 3.49. The van der Waals surface area contributed by atoms with Crippen molar-refractivity contribution in [2.45, 2.75) is 32.4 Å². The van der Waals surface area contributed by atoms with Gasteiger partial charge in [-0.05, 0) is 27.9 Å². The first-order valence-electron chi connectivity index (χ1n) is 6.94. The number of piperazine rings is 1. The molecule has 2 rings (SSSR count). The zero-order chi connectivity index (χ0) is 14.0. The zero-order valence-corrected chi connectivity index (χ0v) is 12.4. The van der Waals surface area contributed by atoms with Crippen LogP contribution in [0.25, 0.3) is 0 Å². The van der Waals surface area contributed by atoms with Crippen LogP contribution in [0.3, 0.4) is 0 Å². The second-order valence-electron chi connectivity index (χ2n) is 5.72. The first kappa shape index (κ1) is 14.4. The van der Waals surface area contributed by atoms with Gasteiger partial charge in [0.25, 0.3) is 0 Å². The molecule has 5 nitrogen and oxygen atoms in total. The van der Waals surface area contributed by atoms with Gasteiger partial charge in [-0.3, -0.25) is 0 Å². The van der Waals surface area contributed by atoms with E-state index >= 15 is 0 Å². The standard InChI is InChI=1S/C14H25N5/c1-10(15)13-8-16-14(17-11(13)2)7-12-9-18(3)5-6-19(12)4/h8,10,12H,5-7,9,15H2,1-4H3/t10-,12?/m1/s1. The Bertz CT molecular complexity index is 432. The normalized spacial score (nSPS) is 23.5. The van der Waals surface area contributed by atoms with Gasteiger partial charge in [-0.25, -0.2) is 9.97 Å². The summed E-state index contributed by atoms with van der Waals surface area (Å²) in [6, 6.07) is 0.497. The van der Waals surface area contributed by atoms with Crippen LogP contribution in [0.2, 0.25) is 0 Å². The number of nitrogens with two attached hydrogens (primary N) is 1. The van der Waals surface area contributed by atoms with Crippen LogP contribution in [0.15, 0.2) is 6.20 Å². The summed E-state index contributed by atoms with van der Waals surface area (Å²) in [4.78, 5) is 13.9. The molecule has 106 valence electrons. The van der Waals surface area contributed by atoms with Crippen LogP contribution in [-0.4, -0.2) is 59.5 Å². The fraction of sp³-hybridized carbons (Fsp3) is 0.714. The summed E-state index contributed by atoms with van der Waals surface area (Å²) in [6.45, 7) is 7.30. The highest BCUT2D eigenvalue weighted by Gasteiger charge is 2.23. The van der Waals surface area contributed by atoms with Crippen molar-refractivity contribution >= 4 is 0 Å². The van der Waals surface area contributed by atoms with E-state index in [4.69, 9.17) is 5.73 Å². The molecule has 0 radical (unpaired) electrons. The fourth-order valence-corrected chi connectivity index (χ4v) is 2.60. The number of nitrogens with zero attached hydrogens (tertiary/aromatic N) is 4. The SMILES string of the molecule is Cc1nc(CC2CN(C)CCN2C)ncc1[C@@H](C)N. The maximum atomic E-state index is 5.89. The summed E-state index contributed by atoms with van der Waals surface area (Å²) in [5.74, 6) is 0.925. The number of aromatic nitrogens is 2. The molecule has 1 saturated heterocycles. The Morgan fingerprint density at radius 2 is 2.16 bits per heavy atom. The molecular formula is C14H25N5. The van der Waals surface area contributed by atoms with Crippen LogP contribution in [0.4, 0.5) is 0 Å². The first-order chi connectivity index (χ1) is 8.97. The van der Waals surface area contributed by atoms with E-state index < -0.39 is 0 Å². The second kappa shape index (κ2) is 5.94. The van der Waals surface area contributed by atoms with Crippen LogP contribution < -0.4 is 5.73 Å². The molecule has 1 aromatic rings. The summed E-state index contributed by atoms with van der Waals surface area (Å²) in [7, 11) is 4.35. The van der Waals surface area contributed by atoms with Gasteiger partial charge in [-0.2, -0.15) is 0 Å². The van der Waals surface area contributed by atoms with Crippen LogP contribution in [0.1, 0.15) is 30.0 Å². The maximum Gasteiger partial charge on any atom is 0.130 e. The van der Waals surface area contributed by atoms with Gasteiger partial charge in [0.2, 0.25) is 0 Å². The zero-order valence-electron chi connectivity index (χ0n) is 12.4. The molecule has 0 aromatic carbocycles. The Hall–Kier alpha value is -1.04. The molecule has 1 fully saturated rings. The Kier molecular flexibility index (Phi) is 4.50. The monoisotopic (exact) mass is 263 g/mol. The number of likely N-dealkylation sites (N-methyl/N-ethyl adjacent to an activating group) is 2. The number of hydrogen-bond donors (Lipinski definition) is 1. The van der Waals surface area contributed by atoms with Gasteiger partial charge < -0.3 is 15.5 Å². The van der Waals surface area contributed by atoms with Crippen molar-refractivity contribution in [3.63, 3.8) is 0 Å². The number of hydrogen-bond acceptors (Lipinski definition) is 5. The third-order valence-electron chi connectivity index (χ3n) is 3.96. The molecule has 2 N–H and O–H groups in total. The highest BCUT2D eigenvalue weighted by atomic mass is 15.3. The quantitative estimate of drug-likeness (QED) is 0.865. The molecule has 0 spiro atoms. The maximum absolute atomic E-state index is 5.89.